The van der Waals surface area contributed by atoms with Crippen molar-refractivity contribution in [2.75, 3.05) is 11.9 Å². The second-order valence-corrected chi connectivity index (χ2v) is 5.09. The van der Waals surface area contributed by atoms with Crippen molar-refractivity contribution in [3.8, 4) is 0 Å². The lowest BCUT2D eigenvalue weighted by molar-refractivity contribution is 0.186. The topological polar surface area (TPSA) is 32.3 Å². The molecule has 0 radical (unpaired) electrons. The maximum absolute atomic E-state index is 13.5. The zero-order valence-electron chi connectivity index (χ0n) is 10.2. The smallest absolute Gasteiger partial charge is 0.131 e. The van der Waals surface area contributed by atoms with Crippen LogP contribution in [-0.4, -0.2) is 11.7 Å². The van der Waals surface area contributed by atoms with Gasteiger partial charge in [0.25, 0.3) is 0 Å². The Balaban J connectivity index is 2.06. The van der Waals surface area contributed by atoms with Crippen molar-refractivity contribution in [3.63, 3.8) is 0 Å². The van der Waals surface area contributed by atoms with E-state index in [-0.39, 0.29) is 12.1 Å². The van der Waals surface area contributed by atoms with E-state index in [2.05, 4.69) is 5.32 Å². The van der Waals surface area contributed by atoms with E-state index in [1.165, 1.54) is 6.07 Å². The van der Waals surface area contributed by atoms with Crippen molar-refractivity contribution in [2.45, 2.75) is 6.10 Å². The Morgan fingerprint density at radius 2 is 1.70 bits per heavy atom. The SMILES string of the molecule is OC(CNc1cc(Cl)cc(Cl)c1)c1ccc(F)cc1F. The van der Waals surface area contributed by atoms with Crippen LogP contribution < -0.4 is 5.32 Å². The predicted molar refractivity (Wildman–Crippen MR) is 76.3 cm³/mol. The van der Waals surface area contributed by atoms with Gasteiger partial charge in [0.05, 0.1) is 6.10 Å². The van der Waals surface area contributed by atoms with Crippen molar-refractivity contribution < 1.29 is 13.9 Å². The van der Waals surface area contributed by atoms with Crippen LogP contribution in [-0.2, 0) is 0 Å². The molecule has 0 aromatic heterocycles. The van der Waals surface area contributed by atoms with Gasteiger partial charge in [0.1, 0.15) is 11.6 Å². The summed E-state index contributed by atoms with van der Waals surface area (Å²) in [6, 6.07) is 7.86. The van der Waals surface area contributed by atoms with Gasteiger partial charge in [0.2, 0.25) is 0 Å². The molecule has 1 unspecified atom stereocenters. The molecule has 2 aromatic carbocycles. The Bertz CT molecular complexity index is 602. The summed E-state index contributed by atoms with van der Waals surface area (Å²) in [6.07, 6.45) is -1.12. The maximum atomic E-state index is 13.5. The minimum absolute atomic E-state index is 0.0204. The van der Waals surface area contributed by atoms with Gasteiger partial charge in [0, 0.05) is 33.9 Å². The summed E-state index contributed by atoms with van der Waals surface area (Å²) in [5.74, 6) is -1.48. The number of hydrogen-bond donors (Lipinski definition) is 2. The number of rotatable bonds is 4. The Morgan fingerprint density at radius 3 is 2.30 bits per heavy atom. The first-order valence-corrected chi connectivity index (χ1v) is 6.54. The van der Waals surface area contributed by atoms with Gasteiger partial charge in [-0.1, -0.05) is 29.3 Å². The molecule has 1 atom stereocenters. The van der Waals surface area contributed by atoms with Crippen molar-refractivity contribution in [1.29, 1.82) is 0 Å². The molecular weight excluding hydrogens is 307 g/mol. The van der Waals surface area contributed by atoms with Crippen LogP contribution in [0.25, 0.3) is 0 Å². The first-order chi connectivity index (χ1) is 9.45. The zero-order chi connectivity index (χ0) is 14.7. The molecular formula is C14H11Cl2F2NO. The second kappa shape index (κ2) is 6.39. The number of aliphatic hydroxyl groups excluding tert-OH is 1. The van der Waals surface area contributed by atoms with Gasteiger partial charge >= 0.3 is 0 Å². The highest BCUT2D eigenvalue weighted by Gasteiger charge is 2.13. The summed E-state index contributed by atoms with van der Waals surface area (Å²) in [5.41, 5.74) is 0.621. The van der Waals surface area contributed by atoms with Gasteiger partial charge in [-0.2, -0.15) is 0 Å². The molecule has 2 rings (SSSR count). The molecule has 0 amide bonds. The van der Waals surface area contributed by atoms with Gasteiger partial charge in [-0.15, -0.1) is 0 Å². The molecule has 0 aliphatic carbocycles. The highest BCUT2D eigenvalue weighted by molar-refractivity contribution is 6.35. The fraction of sp³-hybridized carbons (Fsp3) is 0.143. The van der Waals surface area contributed by atoms with E-state index in [0.717, 1.165) is 12.1 Å². The molecule has 0 fully saturated rings. The molecule has 0 saturated carbocycles. The first kappa shape index (κ1) is 15.0. The van der Waals surface area contributed by atoms with Crippen molar-refractivity contribution >= 4 is 28.9 Å². The quantitative estimate of drug-likeness (QED) is 0.875. The van der Waals surface area contributed by atoms with Crippen molar-refractivity contribution in [3.05, 3.63) is 63.6 Å². The summed E-state index contributed by atoms with van der Waals surface area (Å²) >= 11 is 11.7. The van der Waals surface area contributed by atoms with Crippen molar-refractivity contribution in [1.82, 2.24) is 0 Å². The highest BCUT2D eigenvalue weighted by atomic mass is 35.5. The van der Waals surface area contributed by atoms with E-state index in [1.54, 1.807) is 18.2 Å². The summed E-state index contributed by atoms with van der Waals surface area (Å²) < 4.78 is 26.3. The molecule has 2 N–H and O–H groups in total. The zero-order valence-corrected chi connectivity index (χ0v) is 11.7. The van der Waals surface area contributed by atoms with Crippen LogP contribution in [0.1, 0.15) is 11.7 Å². The average Bonchev–Trinajstić information content (AvgIpc) is 2.35. The van der Waals surface area contributed by atoms with E-state index in [4.69, 9.17) is 23.2 Å². The van der Waals surface area contributed by atoms with E-state index >= 15 is 0 Å². The van der Waals surface area contributed by atoms with Crippen molar-refractivity contribution in [2.24, 2.45) is 0 Å². The van der Waals surface area contributed by atoms with Crippen LogP contribution in [0.2, 0.25) is 10.0 Å². The van der Waals surface area contributed by atoms with Gasteiger partial charge in [0.15, 0.2) is 0 Å². The van der Waals surface area contributed by atoms with E-state index < -0.39 is 17.7 Å². The minimum atomic E-state index is -1.12. The monoisotopic (exact) mass is 317 g/mol. The van der Waals surface area contributed by atoms with E-state index in [9.17, 15) is 13.9 Å². The lowest BCUT2D eigenvalue weighted by Gasteiger charge is -2.14. The van der Waals surface area contributed by atoms with Gasteiger partial charge < -0.3 is 10.4 Å². The van der Waals surface area contributed by atoms with Crippen LogP contribution in [0.3, 0.4) is 0 Å². The molecule has 0 aliphatic heterocycles. The minimum Gasteiger partial charge on any atom is -0.386 e. The molecule has 2 nitrogen and oxygen atoms in total. The molecule has 0 aliphatic rings. The summed E-state index contributed by atoms with van der Waals surface area (Å²) in [6.45, 7) is 0.0409. The first-order valence-electron chi connectivity index (χ1n) is 5.78. The van der Waals surface area contributed by atoms with Crippen LogP contribution in [0.15, 0.2) is 36.4 Å². The van der Waals surface area contributed by atoms with E-state index in [0.29, 0.717) is 15.7 Å². The van der Waals surface area contributed by atoms with E-state index in [1.807, 2.05) is 0 Å². The lowest BCUT2D eigenvalue weighted by Crippen LogP contribution is -2.13. The number of anilines is 1. The predicted octanol–water partition coefficient (Wildman–Crippen LogP) is 4.42. The van der Waals surface area contributed by atoms with Crippen LogP contribution in [0.4, 0.5) is 14.5 Å². The molecule has 106 valence electrons. The molecule has 0 spiro atoms. The fourth-order valence-corrected chi connectivity index (χ4v) is 2.28. The molecule has 6 heteroatoms. The van der Waals surface area contributed by atoms with Gasteiger partial charge in [-0.05, 0) is 24.3 Å². The highest BCUT2D eigenvalue weighted by Crippen LogP contribution is 2.24. The number of aliphatic hydroxyl groups is 1. The Kier molecular flexibility index (Phi) is 4.81. The third-order valence-corrected chi connectivity index (χ3v) is 3.12. The Morgan fingerprint density at radius 1 is 1.05 bits per heavy atom. The van der Waals surface area contributed by atoms with Crippen LogP contribution in [0.5, 0.6) is 0 Å². The molecule has 20 heavy (non-hydrogen) atoms. The van der Waals surface area contributed by atoms with Crippen LogP contribution in [0, 0.1) is 11.6 Å². The van der Waals surface area contributed by atoms with Crippen LogP contribution >= 0.6 is 23.2 Å². The second-order valence-electron chi connectivity index (χ2n) is 4.22. The maximum Gasteiger partial charge on any atom is 0.131 e. The number of halogens is 4. The summed E-state index contributed by atoms with van der Waals surface area (Å²) in [4.78, 5) is 0. The summed E-state index contributed by atoms with van der Waals surface area (Å²) in [7, 11) is 0. The van der Waals surface area contributed by atoms with Gasteiger partial charge in [-0.25, -0.2) is 8.78 Å². The largest absolute Gasteiger partial charge is 0.386 e. The third-order valence-electron chi connectivity index (χ3n) is 2.68. The molecule has 0 heterocycles. The standard InChI is InChI=1S/C14H11Cl2F2NO/c15-8-3-9(16)5-11(4-8)19-7-14(20)12-2-1-10(17)6-13(12)18/h1-6,14,19-20H,7H2. The fourth-order valence-electron chi connectivity index (χ4n) is 1.75. The third kappa shape index (κ3) is 3.82. The number of nitrogens with one attached hydrogen (secondary N) is 1. The molecule has 2 aromatic rings. The summed E-state index contributed by atoms with van der Waals surface area (Å²) in [5, 5.41) is 13.7. The Hall–Kier alpha value is -1.36. The molecule has 0 saturated heterocycles. The van der Waals surface area contributed by atoms with Gasteiger partial charge in [-0.3, -0.25) is 0 Å². The average molecular weight is 318 g/mol. The normalized spacial score (nSPS) is 12.2. The number of benzene rings is 2. The molecule has 0 bridgehead atoms. The Labute approximate surface area is 125 Å². The lowest BCUT2D eigenvalue weighted by atomic mass is 10.1. The number of hydrogen-bond acceptors (Lipinski definition) is 2.